The molecule has 0 unspecified atom stereocenters. The Labute approximate surface area is 76.2 Å². The Morgan fingerprint density at radius 1 is 1.54 bits per heavy atom. The number of nitrogens with one attached hydrogen (secondary N) is 1. The van der Waals surface area contributed by atoms with Crippen LogP contribution in [-0.4, -0.2) is 19.7 Å². The van der Waals surface area contributed by atoms with Gasteiger partial charge in [0.25, 0.3) is 0 Å². The van der Waals surface area contributed by atoms with Crippen LogP contribution in [0.25, 0.3) is 0 Å². The average molecular weight is 178 g/mol. The van der Waals surface area contributed by atoms with Gasteiger partial charge in [-0.1, -0.05) is 12.1 Å². The lowest BCUT2D eigenvalue weighted by Crippen LogP contribution is -2.00. The number of hydrogen-bond donors (Lipinski definition) is 1. The molecule has 0 saturated heterocycles. The second kappa shape index (κ2) is 4.92. The molecule has 1 N–H and O–H groups in total. The maximum atomic E-state index is 9.87. The second-order valence-electron chi connectivity index (χ2n) is 2.28. The van der Waals surface area contributed by atoms with Crippen molar-refractivity contribution in [3.8, 4) is 5.75 Å². The number of hydrogen-bond acceptors (Lipinski definition) is 3. The molecule has 1 rings (SSSR count). The first-order valence-electron chi connectivity index (χ1n) is 3.73. The lowest BCUT2D eigenvalue weighted by Gasteiger charge is -1.98. The van der Waals surface area contributed by atoms with E-state index in [1.54, 1.807) is 7.11 Å². The number of ether oxygens (including phenoxy) is 1. The fourth-order valence-corrected chi connectivity index (χ4v) is 0.864. The molecule has 1 aromatic rings. The molecule has 0 fully saturated rings. The van der Waals surface area contributed by atoms with Crippen molar-refractivity contribution in [2.75, 3.05) is 7.11 Å². The zero-order valence-corrected chi connectivity index (χ0v) is 7.23. The van der Waals surface area contributed by atoms with Gasteiger partial charge in [-0.2, -0.15) is 5.10 Å². The van der Waals surface area contributed by atoms with Crippen LogP contribution in [0.5, 0.6) is 5.75 Å². The van der Waals surface area contributed by atoms with Gasteiger partial charge in [0.15, 0.2) is 0 Å². The Hall–Kier alpha value is -1.84. The van der Waals surface area contributed by atoms with E-state index in [4.69, 9.17) is 4.74 Å². The van der Waals surface area contributed by atoms with Crippen LogP contribution in [0.4, 0.5) is 0 Å². The number of amides is 1. The van der Waals surface area contributed by atoms with Crippen molar-refractivity contribution in [3.05, 3.63) is 29.8 Å². The minimum atomic E-state index is 0.511. The van der Waals surface area contributed by atoms with Crippen LogP contribution in [0.2, 0.25) is 0 Å². The zero-order valence-electron chi connectivity index (χ0n) is 7.23. The summed E-state index contributed by atoms with van der Waals surface area (Å²) in [5.41, 5.74) is 3.05. The molecular formula is C9H10N2O2. The molecule has 0 saturated carbocycles. The Balaban J connectivity index is 2.71. The summed E-state index contributed by atoms with van der Waals surface area (Å²) in [6, 6.07) is 7.36. The highest BCUT2D eigenvalue weighted by molar-refractivity contribution is 5.80. The number of carbonyl (C=O) groups excluding carboxylic acids is 1. The van der Waals surface area contributed by atoms with E-state index in [1.807, 2.05) is 24.3 Å². The maximum absolute atomic E-state index is 9.87. The number of nitrogens with zero attached hydrogens (tertiary/aromatic N) is 1. The molecular weight excluding hydrogens is 168 g/mol. The Morgan fingerprint density at radius 3 is 3.08 bits per heavy atom. The van der Waals surface area contributed by atoms with Crippen molar-refractivity contribution in [1.82, 2.24) is 5.43 Å². The van der Waals surface area contributed by atoms with Crippen molar-refractivity contribution < 1.29 is 9.53 Å². The van der Waals surface area contributed by atoms with Crippen molar-refractivity contribution >= 4 is 12.6 Å². The molecule has 1 aromatic carbocycles. The van der Waals surface area contributed by atoms with Crippen LogP contribution in [0.3, 0.4) is 0 Å². The highest BCUT2D eigenvalue weighted by Gasteiger charge is 1.90. The molecule has 4 nitrogen and oxygen atoms in total. The Morgan fingerprint density at radius 2 is 2.38 bits per heavy atom. The quantitative estimate of drug-likeness (QED) is 0.420. The van der Waals surface area contributed by atoms with Crippen LogP contribution in [0.1, 0.15) is 5.56 Å². The van der Waals surface area contributed by atoms with E-state index in [1.165, 1.54) is 6.21 Å². The predicted octanol–water partition coefficient (Wildman–Crippen LogP) is 0.775. The minimum absolute atomic E-state index is 0.511. The van der Waals surface area contributed by atoms with E-state index < -0.39 is 0 Å². The molecule has 1 amide bonds. The van der Waals surface area contributed by atoms with Crippen molar-refractivity contribution in [1.29, 1.82) is 0 Å². The van der Waals surface area contributed by atoms with E-state index in [0.29, 0.717) is 6.41 Å². The molecule has 0 spiro atoms. The van der Waals surface area contributed by atoms with Crippen molar-refractivity contribution in [2.24, 2.45) is 5.10 Å². The summed E-state index contributed by atoms with van der Waals surface area (Å²) in [5, 5.41) is 3.64. The molecule has 4 heteroatoms. The van der Waals surface area contributed by atoms with Gasteiger partial charge in [-0.3, -0.25) is 4.79 Å². The van der Waals surface area contributed by atoms with Gasteiger partial charge in [0.1, 0.15) is 5.75 Å². The molecule has 0 atom stereocenters. The number of hydrazone groups is 1. The third kappa shape index (κ3) is 2.94. The highest BCUT2D eigenvalue weighted by Crippen LogP contribution is 2.10. The summed E-state index contributed by atoms with van der Waals surface area (Å²) in [4.78, 5) is 9.87. The van der Waals surface area contributed by atoms with Gasteiger partial charge in [-0.25, -0.2) is 5.43 Å². The third-order valence-corrected chi connectivity index (χ3v) is 1.43. The number of methoxy groups -OCH3 is 1. The molecule has 0 heterocycles. The number of benzene rings is 1. The third-order valence-electron chi connectivity index (χ3n) is 1.43. The predicted molar refractivity (Wildman–Crippen MR) is 49.8 cm³/mol. The molecule has 0 aliphatic heterocycles. The first kappa shape index (κ1) is 9.25. The number of carbonyl (C=O) groups is 1. The van der Waals surface area contributed by atoms with Gasteiger partial charge in [0.05, 0.1) is 13.3 Å². The molecule has 68 valence electrons. The normalized spacial score (nSPS) is 9.92. The average Bonchev–Trinajstić information content (AvgIpc) is 2.19. The van der Waals surface area contributed by atoms with Crippen LogP contribution >= 0.6 is 0 Å². The molecule has 13 heavy (non-hydrogen) atoms. The van der Waals surface area contributed by atoms with E-state index in [-0.39, 0.29) is 0 Å². The zero-order chi connectivity index (χ0) is 9.52. The summed E-state index contributed by atoms with van der Waals surface area (Å²) >= 11 is 0. The molecule has 0 radical (unpaired) electrons. The monoisotopic (exact) mass is 178 g/mol. The van der Waals surface area contributed by atoms with E-state index in [2.05, 4.69) is 10.5 Å². The van der Waals surface area contributed by atoms with Gasteiger partial charge in [-0.15, -0.1) is 0 Å². The van der Waals surface area contributed by atoms with Gasteiger partial charge < -0.3 is 4.74 Å². The van der Waals surface area contributed by atoms with Crippen LogP contribution in [0.15, 0.2) is 29.4 Å². The molecule has 0 aliphatic carbocycles. The van der Waals surface area contributed by atoms with Crippen molar-refractivity contribution in [2.45, 2.75) is 0 Å². The first-order chi connectivity index (χ1) is 6.36. The largest absolute Gasteiger partial charge is 0.497 e. The SMILES string of the molecule is COc1cccc(/C=N/NC=O)c1. The summed E-state index contributed by atoms with van der Waals surface area (Å²) in [6.45, 7) is 0. The maximum Gasteiger partial charge on any atom is 0.227 e. The summed E-state index contributed by atoms with van der Waals surface area (Å²) < 4.78 is 5.01. The first-order valence-corrected chi connectivity index (χ1v) is 3.73. The second-order valence-corrected chi connectivity index (χ2v) is 2.28. The Kier molecular flexibility index (Phi) is 3.50. The summed E-state index contributed by atoms with van der Waals surface area (Å²) in [5.74, 6) is 0.759. The smallest absolute Gasteiger partial charge is 0.227 e. The standard InChI is InChI=1S/C9H10N2O2/c1-13-9-4-2-3-8(5-9)6-10-11-7-12/h2-7H,1H3,(H,11,12)/b10-6+. The van der Waals surface area contributed by atoms with E-state index >= 15 is 0 Å². The van der Waals surface area contributed by atoms with E-state index in [0.717, 1.165) is 11.3 Å². The molecule has 0 aliphatic rings. The van der Waals surface area contributed by atoms with E-state index in [9.17, 15) is 4.79 Å². The molecule has 0 aromatic heterocycles. The fourth-order valence-electron chi connectivity index (χ4n) is 0.864. The van der Waals surface area contributed by atoms with Crippen LogP contribution < -0.4 is 10.2 Å². The number of rotatable bonds is 4. The van der Waals surface area contributed by atoms with Crippen LogP contribution in [-0.2, 0) is 4.79 Å². The van der Waals surface area contributed by atoms with Crippen molar-refractivity contribution in [3.63, 3.8) is 0 Å². The van der Waals surface area contributed by atoms with Gasteiger partial charge in [0.2, 0.25) is 6.41 Å². The van der Waals surface area contributed by atoms with Gasteiger partial charge in [-0.05, 0) is 17.7 Å². The fraction of sp³-hybridized carbons (Fsp3) is 0.111. The van der Waals surface area contributed by atoms with Crippen LogP contribution in [0, 0.1) is 0 Å². The summed E-state index contributed by atoms with van der Waals surface area (Å²) in [7, 11) is 1.60. The minimum Gasteiger partial charge on any atom is -0.497 e. The highest BCUT2D eigenvalue weighted by atomic mass is 16.5. The lowest BCUT2D eigenvalue weighted by molar-refractivity contribution is -0.109. The summed E-state index contributed by atoms with van der Waals surface area (Å²) in [6.07, 6.45) is 2.05. The lowest BCUT2D eigenvalue weighted by atomic mass is 10.2. The Bertz CT molecular complexity index is 310. The van der Waals surface area contributed by atoms with Gasteiger partial charge >= 0.3 is 0 Å². The van der Waals surface area contributed by atoms with Gasteiger partial charge in [0, 0.05) is 0 Å². The topological polar surface area (TPSA) is 50.7 Å². The molecule has 0 bridgehead atoms.